The first-order chi connectivity index (χ1) is 31.1. The molecule has 7 fully saturated rings. The zero-order valence-corrected chi connectivity index (χ0v) is 47.2. The van der Waals surface area contributed by atoms with E-state index in [0.29, 0.717) is 0 Å². The van der Waals surface area contributed by atoms with Crippen LogP contribution in [0.5, 0.6) is 0 Å². The topological polar surface area (TPSA) is 6.48 Å². The Morgan fingerprint density at radius 2 is 0.562 bits per heavy atom. The van der Waals surface area contributed by atoms with E-state index in [0.717, 1.165) is 17.4 Å². The second-order valence-electron chi connectivity index (χ2n) is 22.2. The molecule has 6 aliphatic carbocycles. The van der Waals surface area contributed by atoms with E-state index in [-0.39, 0.29) is 15.8 Å². The molecule has 9 rings (SSSR count). The zero-order chi connectivity index (χ0) is 45.0. The van der Waals surface area contributed by atoms with Crippen LogP contribution in [0.25, 0.3) is 0 Å². The van der Waals surface area contributed by atoms with Gasteiger partial charge in [0.05, 0.1) is 34.0 Å². The summed E-state index contributed by atoms with van der Waals surface area (Å²) in [4.78, 5) is 4.73. The van der Waals surface area contributed by atoms with E-state index in [1.807, 2.05) is 0 Å². The molecular weight excluding hydrogens is 947 g/mol. The zero-order valence-electron chi connectivity index (χ0n) is 41.9. The van der Waals surface area contributed by atoms with Gasteiger partial charge in [-0.3, -0.25) is 0 Å². The van der Waals surface area contributed by atoms with Gasteiger partial charge in [-0.1, -0.05) is 38.5 Å². The van der Waals surface area contributed by atoms with Crippen LogP contribution < -0.4 is 9.80 Å². The van der Waals surface area contributed by atoms with Crippen LogP contribution in [0.4, 0.5) is 11.4 Å². The Hall–Kier alpha value is -0.0266. The number of hydrogen-bond acceptors (Lipinski definition) is 2. The predicted octanol–water partition coefficient (Wildman–Crippen LogP) is 18.3. The quantitative estimate of drug-likeness (QED) is 0.192. The van der Waals surface area contributed by atoms with Gasteiger partial charge in [0.1, 0.15) is 0 Å². The molecule has 0 amide bonds. The van der Waals surface area contributed by atoms with Crippen molar-refractivity contribution in [1.29, 1.82) is 0 Å². The van der Waals surface area contributed by atoms with Crippen molar-refractivity contribution in [2.45, 2.75) is 268 Å². The Morgan fingerprint density at radius 3 is 0.750 bits per heavy atom. The van der Waals surface area contributed by atoms with Gasteiger partial charge in [-0.25, -0.2) is 0 Å². The third kappa shape index (κ3) is 13.9. The number of rotatable bonds is 8. The first-order valence-corrected chi connectivity index (χ1v) is 36.2. The summed E-state index contributed by atoms with van der Waals surface area (Å²) in [5.74, 6) is 0. The monoisotopic (exact) mass is 1040 g/mol. The van der Waals surface area contributed by atoms with Crippen molar-refractivity contribution < 1.29 is 13.5 Å². The first kappa shape index (κ1) is 51.8. The Kier molecular flexibility index (Phi) is 21.3. The molecule has 2 nitrogen and oxygen atoms in total. The summed E-state index contributed by atoms with van der Waals surface area (Å²) in [6.45, 7) is 14.8. The van der Waals surface area contributed by atoms with E-state index in [1.165, 1.54) is 78.7 Å². The van der Waals surface area contributed by atoms with E-state index in [4.69, 9.17) is 19.4 Å². The Morgan fingerprint density at radius 1 is 0.359 bits per heavy atom. The second kappa shape index (κ2) is 26.3. The van der Waals surface area contributed by atoms with Gasteiger partial charge in [0.15, 0.2) is 0 Å². The SMILES string of the molecule is C1CCC([PH+](C2CCCCC2)C2CCCCC2)CC1.C1CCC([PH+](C2CCCCC2)C2CCCCC2)CC1.Cc1cc(C)c(N2CCN(c3c(C)cc(C)cc3C)[C]2=[Ru]([Cl])[Cl])c(C)c1. The minimum atomic E-state index is -2.12. The normalized spacial score (nSPS) is 23.3. The van der Waals surface area contributed by atoms with Gasteiger partial charge >= 0.3 is 171 Å². The standard InChI is InChI=1S/C21H26N2.2C18H33P.2ClH.Ru/c1-14-9-16(3)20(17(4)10-14)22-7-8-23(13-22)21-18(5)11-15(2)12-19(21)6;2*1-4-10-16(11-5-1)19(17-12-6-2-7-13-17)18-14-8-3-9-15-18;;;/h9-12H,7-8H2,1-6H3;2*16-18H,1-15H2;2*1H;/q;;;;;+2. The molecule has 1 heterocycles. The van der Waals surface area contributed by atoms with E-state index < -0.39 is 13.5 Å². The molecule has 0 N–H and O–H groups in total. The van der Waals surface area contributed by atoms with Gasteiger partial charge in [0, 0.05) is 15.8 Å². The summed E-state index contributed by atoms with van der Waals surface area (Å²) >= 11 is -2.12. The number of halogens is 2. The molecule has 0 atom stereocenters. The third-order valence-electron chi connectivity index (χ3n) is 17.4. The molecular formula is C57H94Cl2N2P2Ru+2. The van der Waals surface area contributed by atoms with Crippen molar-refractivity contribution in [2.24, 2.45) is 0 Å². The molecule has 0 unspecified atom stereocenters. The van der Waals surface area contributed by atoms with Crippen LogP contribution in [0.3, 0.4) is 0 Å². The summed E-state index contributed by atoms with van der Waals surface area (Å²) in [5.41, 5.74) is 17.6. The van der Waals surface area contributed by atoms with Crippen molar-refractivity contribution >= 4 is 51.0 Å². The van der Waals surface area contributed by atoms with Gasteiger partial charge < -0.3 is 0 Å². The molecule has 1 saturated heterocycles. The fraction of sp³-hybridized carbons (Fsp3) is 0.772. The van der Waals surface area contributed by atoms with Crippen molar-refractivity contribution in [2.75, 3.05) is 22.9 Å². The summed E-state index contributed by atoms with van der Waals surface area (Å²) < 4.78 is 1.10. The fourth-order valence-electron chi connectivity index (χ4n) is 14.9. The molecule has 6 saturated carbocycles. The van der Waals surface area contributed by atoms with Crippen molar-refractivity contribution in [3.63, 3.8) is 0 Å². The van der Waals surface area contributed by atoms with Crippen LogP contribution in [0.15, 0.2) is 24.3 Å². The first-order valence-electron chi connectivity index (χ1n) is 27.4. The maximum absolute atomic E-state index is 6.63. The maximum atomic E-state index is 6.63. The van der Waals surface area contributed by atoms with Crippen molar-refractivity contribution in [3.8, 4) is 0 Å². The molecule has 362 valence electrons. The van der Waals surface area contributed by atoms with Gasteiger partial charge in [0.2, 0.25) is 0 Å². The van der Waals surface area contributed by atoms with Gasteiger partial charge in [0.25, 0.3) is 0 Å². The molecule has 0 radical (unpaired) electrons. The average Bonchev–Trinajstić information content (AvgIpc) is 3.73. The molecule has 2 aromatic carbocycles. The molecule has 0 spiro atoms. The van der Waals surface area contributed by atoms with Crippen LogP contribution in [-0.4, -0.2) is 51.4 Å². The summed E-state index contributed by atoms with van der Waals surface area (Å²) in [6.07, 6.45) is 47.6. The number of nitrogens with zero attached hydrogens (tertiary/aromatic N) is 2. The number of anilines is 2. The minimum absolute atomic E-state index is 0.0465. The number of hydrogen-bond donors (Lipinski definition) is 0. The summed E-state index contributed by atoms with van der Waals surface area (Å²) in [5, 5.41) is 0. The molecule has 0 bridgehead atoms. The molecule has 2 aromatic rings. The van der Waals surface area contributed by atoms with Crippen LogP contribution in [0.2, 0.25) is 0 Å². The number of benzene rings is 2. The molecule has 0 aromatic heterocycles. The molecule has 7 heteroatoms. The average molecular weight is 1040 g/mol. The summed E-state index contributed by atoms with van der Waals surface area (Å²) in [7, 11) is 13.2. The predicted molar refractivity (Wildman–Crippen MR) is 291 cm³/mol. The van der Waals surface area contributed by atoms with Crippen molar-refractivity contribution in [1.82, 2.24) is 0 Å². The van der Waals surface area contributed by atoms with Crippen molar-refractivity contribution in [3.05, 3.63) is 57.6 Å². The van der Waals surface area contributed by atoms with E-state index in [1.54, 1.807) is 193 Å². The Balaban J connectivity index is 0.000000146. The van der Waals surface area contributed by atoms with Crippen LogP contribution in [0, 0.1) is 41.5 Å². The van der Waals surface area contributed by atoms with Gasteiger partial charge in [-0.2, -0.15) is 0 Å². The molecule has 1 aliphatic heterocycles. The second-order valence-corrected chi connectivity index (χ2v) is 34.8. The van der Waals surface area contributed by atoms with Crippen LogP contribution in [-0.2, 0) is 13.5 Å². The molecule has 64 heavy (non-hydrogen) atoms. The Labute approximate surface area is 410 Å². The van der Waals surface area contributed by atoms with Gasteiger partial charge in [-0.15, -0.1) is 0 Å². The summed E-state index contributed by atoms with van der Waals surface area (Å²) in [6, 6.07) is 8.96. The van der Waals surface area contributed by atoms with E-state index >= 15 is 0 Å². The van der Waals surface area contributed by atoms with E-state index in [2.05, 4.69) is 75.6 Å². The van der Waals surface area contributed by atoms with Gasteiger partial charge in [-0.05, 0) is 154 Å². The Bertz CT molecular complexity index is 1510. The molecule has 7 aliphatic rings. The van der Waals surface area contributed by atoms with Crippen LogP contribution in [0.1, 0.15) is 226 Å². The van der Waals surface area contributed by atoms with Crippen LogP contribution >= 0.6 is 35.2 Å². The third-order valence-corrected chi connectivity index (χ3v) is 29.4. The fourth-order valence-corrected chi connectivity index (χ4v) is 28.5. The number of aryl methyl sites for hydroxylation is 6. The van der Waals surface area contributed by atoms with E-state index in [9.17, 15) is 0 Å².